The molecule has 0 spiro atoms. The molecule has 0 unspecified atom stereocenters. The zero-order chi connectivity index (χ0) is 32.3. The smallest absolute Gasteiger partial charge is 0.160 e. The van der Waals surface area contributed by atoms with Gasteiger partial charge in [0, 0.05) is 32.8 Å². The molecule has 0 aliphatic rings. The Labute approximate surface area is 282 Å². The van der Waals surface area contributed by atoms with Gasteiger partial charge in [-0.05, 0) is 63.9 Å². The molecule has 8 aromatic carbocycles. The van der Waals surface area contributed by atoms with Gasteiger partial charge >= 0.3 is 0 Å². The van der Waals surface area contributed by atoms with Crippen molar-refractivity contribution in [3.05, 3.63) is 176 Å². The first kappa shape index (κ1) is 27.5. The molecule has 0 aliphatic heterocycles. The Balaban J connectivity index is 1.29. The molecule has 49 heavy (non-hydrogen) atoms. The van der Waals surface area contributed by atoms with E-state index in [0.29, 0.717) is 0 Å². The van der Waals surface area contributed by atoms with Crippen molar-refractivity contribution in [2.24, 2.45) is 0 Å². The molecule has 0 bridgehead atoms. The minimum absolute atomic E-state index is 0.828. The quantitative estimate of drug-likeness (QED) is 0.190. The summed E-state index contributed by atoms with van der Waals surface area (Å²) in [5.41, 5.74) is 10.8. The number of furan rings is 2. The van der Waals surface area contributed by atoms with Crippen LogP contribution in [-0.2, 0) is 0 Å². The lowest BCUT2D eigenvalue weighted by molar-refractivity contribution is 0.666. The van der Waals surface area contributed by atoms with Crippen molar-refractivity contribution in [2.45, 2.75) is 0 Å². The third-order valence-corrected chi connectivity index (χ3v) is 9.68. The fourth-order valence-electron chi connectivity index (χ4n) is 7.41. The third kappa shape index (κ3) is 4.37. The summed E-state index contributed by atoms with van der Waals surface area (Å²) in [6.07, 6.45) is 0. The van der Waals surface area contributed by atoms with Gasteiger partial charge in [-0.15, -0.1) is 0 Å². The maximum absolute atomic E-state index is 6.81. The van der Waals surface area contributed by atoms with Crippen LogP contribution in [0.5, 0.6) is 0 Å². The summed E-state index contributed by atoms with van der Waals surface area (Å²) in [5.74, 6) is 0. The Bertz CT molecular complexity index is 2820. The molecule has 0 radical (unpaired) electrons. The van der Waals surface area contributed by atoms with Crippen LogP contribution in [0.25, 0.3) is 76.9 Å². The van der Waals surface area contributed by atoms with Gasteiger partial charge in [-0.25, -0.2) is 0 Å². The van der Waals surface area contributed by atoms with Crippen molar-refractivity contribution in [1.82, 2.24) is 0 Å². The average Bonchev–Trinajstić information content (AvgIpc) is 3.75. The number of nitrogens with zero attached hydrogens (tertiary/aromatic N) is 1. The van der Waals surface area contributed by atoms with Crippen LogP contribution in [0, 0.1) is 0 Å². The van der Waals surface area contributed by atoms with E-state index in [-0.39, 0.29) is 0 Å². The van der Waals surface area contributed by atoms with Gasteiger partial charge in [0.05, 0.1) is 11.4 Å². The monoisotopic (exact) mass is 627 g/mol. The molecular formula is C46H29NO2. The number of fused-ring (bicyclic) bond motifs is 7. The molecule has 0 saturated heterocycles. The molecule has 0 saturated carbocycles. The first-order valence-corrected chi connectivity index (χ1v) is 16.6. The number of anilines is 3. The maximum atomic E-state index is 6.81. The minimum Gasteiger partial charge on any atom is -0.454 e. The topological polar surface area (TPSA) is 29.5 Å². The Kier molecular flexibility index (Phi) is 6.18. The van der Waals surface area contributed by atoms with Gasteiger partial charge in [0.1, 0.15) is 11.2 Å². The predicted octanol–water partition coefficient (Wildman–Crippen LogP) is 13.4. The number of benzene rings is 8. The van der Waals surface area contributed by atoms with Gasteiger partial charge in [0.15, 0.2) is 11.2 Å². The minimum atomic E-state index is 0.828. The number of hydrogen-bond acceptors (Lipinski definition) is 3. The SMILES string of the molecule is c1ccc(-c2ccc3c(oc4ccccc43)c2N(c2ccc(-c3cccc4ccccc34)cc2)c2cccc3c2oc2ccccc23)cc1. The molecule has 0 amide bonds. The highest BCUT2D eigenvalue weighted by Crippen LogP contribution is 2.50. The standard InChI is InChI=1S/C46H29NO2/c1-2-12-31(13-3-1)36-28-29-40-38-18-7-9-23-43(38)49-46(40)44(36)47(41-21-11-20-39-37-17-6-8-22-42(37)48-45(39)41)33-26-24-32(25-27-33)35-19-10-15-30-14-4-5-16-34(30)35/h1-29H. The normalized spacial score (nSPS) is 11.7. The lowest BCUT2D eigenvalue weighted by Gasteiger charge is -2.28. The molecule has 0 N–H and O–H groups in total. The van der Waals surface area contributed by atoms with Gasteiger partial charge < -0.3 is 13.7 Å². The fourth-order valence-corrected chi connectivity index (χ4v) is 7.41. The van der Waals surface area contributed by atoms with E-state index < -0.39 is 0 Å². The van der Waals surface area contributed by atoms with Crippen LogP contribution in [0.4, 0.5) is 17.1 Å². The van der Waals surface area contributed by atoms with E-state index in [4.69, 9.17) is 8.83 Å². The molecule has 0 fully saturated rings. The summed E-state index contributed by atoms with van der Waals surface area (Å²) in [6.45, 7) is 0. The summed E-state index contributed by atoms with van der Waals surface area (Å²) in [4.78, 5) is 2.32. The number of hydrogen-bond donors (Lipinski definition) is 0. The van der Waals surface area contributed by atoms with Gasteiger partial charge in [-0.3, -0.25) is 0 Å². The highest BCUT2D eigenvalue weighted by atomic mass is 16.3. The molecule has 3 nitrogen and oxygen atoms in total. The van der Waals surface area contributed by atoms with Crippen LogP contribution in [0.15, 0.2) is 185 Å². The first-order chi connectivity index (χ1) is 24.3. The van der Waals surface area contributed by atoms with E-state index >= 15 is 0 Å². The molecule has 2 aromatic heterocycles. The summed E-state index contributed by atoms with van der Waals surface area (Å²) in [7, 11) is 0. The third-order valence-electron chi connectivity index (χ3n) is 9.68. The number of rotatable bonds is 5. The average molecular weight is 628 g/mol. The fraction of sp³-hybridized carbons (Fsp3) is 0. The largest absolute Gasteiger partial charge is 0.454 e. The molecule has 0 aliphatic carbocycles. The molecular weight excluding hydrogens is 599 g/mol. The Morgan fingerprint density at radius 3 is 1.69 bits per heavy atom. The van der Waals surface area contributed by atoms with Crippen molar-refractivity contribution in [2.75, 3.05) is 4.90 Å². The lowest BCUT2D eigenvalue weighted by Crippen LogP contribution is -2.12. The molecule has 230 valence electrons. The summed E-state index contributed by atoms with van der Waals surface area (Å²) < 4.78 is 13.5. The van der Waals surface area contributed by atoms with Crippen LogP contribution < -0.4 is 4.90 Å². The first-order valence-electron chi connectivity index (χ1n) is 16.6. The van der Waals surface area contributed by atoms with E-state index in [1.165, 1.54) is 16.3 Å². The number of para-hydroxylation sites is 3. The molecule has 10 aromatic rings. The molecule has 0 atom stereocenters. The van der Waals surface area contributed by atoms with E-state index in [1.807, 2.05) is 24.3 Å². The Morgan fingerprint density at radius 2 is 0.918 bits per heavy atom. The zero-order valence-corrected chi connectivity index (χ0v) is 26.5. The summed E-state index contributed by atoms with van der Waals surface area (Å²) >= 11 is 0. The highest BCUT2D eigenvalue weighted by Gasteiger charge is 2.26. The van der Waals surface area contributed by atoms with Crippen molar-refractivity contribution in [3.63, 3.8) is 0 Å². The summed E-state index contributed by atoms with van der Waals surface area (Å²) in [6, 6.07) is 61.9. The summed E-state index contributed by atoms with van der Waals surface area (Å²) in [5, 5.41) is 6.79. The Hall–Kier alpha value is -6.58. The van der Waals surface area contributed by atoms with Crippen molar-refractivity contribution in [1.29, 1.82) is 0 Å². The van der Waals surface area contributed by atoms with Gasteiger partial charge in [-0.2, -0.15) is 0 Å². The van der Waals surface area contributed by atoms with Crippen molar-refractivity contribution >= 4 is 71.7 Å². The van der Waals surface area contributed by atoms with E-state index in [9.17, 15) is 0 Å². The van der Waals surface area contributed by atoms with Crippen LogP contribution in [0.1, 0.15) is 0 Å². The maximum Gasteiger partial charge on any atom is 0.160 e. The van der Waals surface area contributed by atoms with Crippen LogP contribution in [0.2, 0.25) is 0 Å². The molecule has 3 heteroatoms. The van der Waals surface area contributed by atoms with Crippen LogP contribution >= 0.6 is 0 Å². The van der Waals surface area contributed by atoms with Crippen molar-refractivity contribution in [3.8, 4) is 22.3 Å². The second-order valence-corrected chi connectivity index (χ2v) is 12.5. The predicted molar refractivity (Wildman–Crippen MR) is 204 cm³/mol. The van der Waals surface area contributed by atoms with Gasteiger partial charge in [-0.1, -0.05) is 140 Å². The molecule has 2 heterocycles. The van der Waals surface area contributed by atoms with Crippen molar-refractivity contribution < 1.29 is 8.83 Å². The lowest BCUT2D eigenvalue weighted by atomic mass is 9.97. The van der Waals surface area contributed by atoms with E-state index in [0.717, 1.165) is 77.6 Å². The second kappa shape index (κ2) is 11.0. The Morgan fingerprint density at radius 1 is 0.347 bits per heavy atom. The zero-order valence-electron chi connectivity index (χ0n) is 26.5. The van der Waals surface area contributed by atoms with Crippen LogP contribution in [-0.4, -0.2) is 0 Å². The second-order valence-electron chi connectivity index (χ2n) is 12.5. The van der Waals surface area contributed by atoms with Gasteiger partial charge in [0.2, 0.25) is 0 Å². The van der Waals surface area contributed by atoms with Crippen LogP contribution in [0.3, 0.4) is 0 Å². The highest BCUT2D eigenvalue weighted by molar-refractivity contribution is 6.16. The van der Waals surface area contributed by atoms with Gasteiger partial charge in [0.25, 0.3) is 0 Å². The van der Waals surface area contributed by atoms with E-state index in [2.05, 4.69) is 157 Å². The molecule has 10 rings (SSSR count). The van der Waals surface area contributed by atoms with E-state index in [1.54, 1.807) is 0 Å².